The van der Waals surface area contributed by atoms with Crippen molar-refractivity contribution in [3.05, 3.63) is 118 Å². The van der Waals surface area contributed by atoms with Crippen LogP contribution in [0.2, 0.25) is 0 Å². The summed E-state index contributed by atoms with van der Waals surface area (Å²) >= 11 is 6.12. The first-order chi connectivity index (χ1) is 18.1. The summed E-state index contributed by atoms with van der Waals surface area (Å²) in [5, 5.41) is 5.42. The van der Waals surface area contributed by atoms with Crippen LogP contribution in [0, 0.1) is 18.6 Å². The van der Waals surface area contributed by atoms with Gasteiger partial charge < -0.3 is 0 Å². The molecule has 37 heavy (non-hydrogen) atoms. The largest absolute Gasteiger partial charge is 0.278 e. The van der Waals surface area contributed by atoms with Gasteiger partial charge >= 0.3 is 0 Å². The SMILES string of the molecule is Cc1ccc(N/N=c2\c3nc4ccccc4nc2n(-c2ccccc2C)c(=S)n3-c2ccccn2)cc1. The van der Waals surface area contributed by atoms with Crippen LogP contribution in [0.4, 0.5) is 5.69 Å². The molecule has 0 aliphatic rings. The lowest BCUT2D eigenvalue weighted by Gasteiger charge is -2.16. The highest BCUT2D eigenvalue weighted by Crippen LogP contribution is 2.21. The van der Waals surface area contributed by atoms with E-state index in [1.165, 1.54) is 5.56 Å². The predicted molar refractivity (Wildman–Crippen MR) is 149 cm³/mol. The van der Waals surface area contributed by atoms with Gasteiger partial charge in [-0.25, -0.2) is 15.0 Å². The Hall–Kier alpha value is -4.69. The number of fused-ring (bicyclic) bond motifs is 3. The van der Waals surface area contributed by atoms with Crippen LogP contribution in [-0.4, -0.2) is 24.1 Å². The normalized spacial score (nSPS) is 11.8. The summed E-state index contributed by atoms with van der Waals surface area (Å²) < 4.78 is 4.31. The standard InChI is InChI=1S/C29H23N7S/c1-19-14-16-21(17-15-19)33-34-26-27-31-22-10-4-5-11-23(22)32-28(26)36(25-13-7-8-18-30-25)29(37)35(27)24-12-6-3-9-20(24)2/h3-18,33H,1-2H3/b34-26-. The van der Waals surface area contributed by atoms with Crippen molar-refractivity contribution in [2.45, 2.75) is 13.8 Å². The van der Waals surface area contributed by atoms with Crippen molar-refractivity contribution >= 4 is 40.2 Å². The summed E-state index contributed by atoms with van der Waals surface area (Å²) in [6, 6.07) is 29.6. The topological polar surface area (TPSA) is 72.9 Å². The van der Waals surface area contributed by atoms with Gasteiger partial charge in [-0.2, -0.15) is 5.10 Å². The molecule has 2 bridgehead atoms. The highest BCUT2D eigenvalue weighted by atomic mass is 32.1. The summed E-state index contributed by atoms with van der Waals surface area (Å²) in [5.41, 5.74) is 9.81. The molecule has 0 saturated carbocycles. The molecule has 1 N–H and O–H groups in total. The van der Waals surface area contributed by atoms with Crippen molar-refractivity contribution in [3.8, 4) is 11.5 Å². The van der Waals surface area contributed by atoms with Gasteiger partial charge in [-0.05, 0) is 74.1 Å². The Morgan fingerprint density at radius 2 is 1.38 bits per heavy atom. The van der Waals surface area contributed by atoms with Crippen molar-refractivity contribution < 1.29 is 0 Å². The highest BCUT2D eigenvalue weighted by Gasteiger charge is 2.18. The molecular formula is C29H23N7S. The van der Waals surface area contributed by atoms with Gasteiger partial charge in [0, 0.05) is 6.20 Å². The summed E-state index contributed by atoms with van der Waals surface area (Å²) in [6.07, 6.45) is 1.74. The first kappa shape index (κ1) is 22.8. The van der Waals surface area contributed by atoms with E-state index >= 15 is 0 Å². The Bertz CT molecular complexity index is 1890. The van der Waals surface area contributed by atoms with Gasteiger partial charge in [0.25, 0.3) is 0 Å². The van der Waals surface area contributed by atoms with Crippen LogP contribution in [0.25, 0.3) is 33.8 Å². The number of anilines is 1. The summed E-state index contributed by atoms with van der Waals surface area (Å²) in [5.74, 6) is 0.645. The second-order valence-electron chi connectivity index (χ2n) is 8.73. The number of para-hydroxylation sites is 3. The van der Waals surface area contributed by atoms with Crippen LogP contribution >= 0.6 is 12.2 Å². The van der Waals surface area contributed by atoms with E-state index in [-0.39, 0.29) is 0 Å². The summed E-state index contributed by atoms with van der Waals surface area (Å²) in [4.78, 5) is 14.7. The fourth-order valence-corrected chi connectivity index (χ4v) is 4.62. The van der Waals surface area contributed by atoms with E-state index < -0.39 is 0 Å². The molecule has 3 aromatic heterocycles. The molecule has 0 spiro atoms. The second-order valence-corrected chi connectivity index (χ2v) is 9.09. The third-order valence-corrected chi connectivity index (χ3v) is 6.51. The van der Waals surface area contributed by atoms with Crippen molar-refractivity contribution in [3.63, 3.8) is 0 Å². The molecule has 3 heterocycles. The first-order valence-corrected chi connectivity index (χ1v) is 12.3. The Labute approximate surface area is 218 Å². The van der Waals surface area contributed by atoms with Crippen molar-refractivity contribution in [2.75, 3.05) is 5.43 Å². The molecular weight excluding hydrogens is 478 g/mol. The van der Waals surface area contributed by atoms with E-state index in [1.54, 1.807) is 6.20 Å². The van der Waals surface area contributed by atoms with E-state index in [9.17, 15) is 0 Å². The number of rotatable bonds is 4. The first-order valence-electron chi connectivity index (χ1n) is 11.9. The maximum absolute atomic E-state index is 6.12. The lowest BCUT2D eigenvalue weighted by molar-refractivity contribution is 0.862. The zero-order chi connectivity index (χ0) is 25.4. The summed E-state index contributed by atoms with van der Waals surface area (Å²) in [7, 11) is 0. The van der Waals surface area contributed by atoms with Gasteiger partial charge in [0.05, 0.1) is 22.4 Å². The molecule has 0 atom stereocenters. The Morgan fingerprint density at radius 3 is 2.05 bits per heavy atom. The molecule has 0 unspecified atom stereocenters. The average Bonchev–Trinajstić information content (AvgIpc) is 3.04. The van der Waals surface area contributed by atoms with Crippen molar-refractivity contribution in [1.29, 1.82) is 0 Å². The van der Waals surface area contributed by atoms with Gasteiger partial charge in [-0.1, -0.05) is 54.1 Å². The van der Waals surface area contributed by atoms with Gasteiger partial charge in [0.2, 0.25) is 0 Å². The molecule has 7 nitrogen and oxygen atoms in total. The molecule has 6 rings (SSSR count). The number of nitrogens with zero attached hydrogens (tertiary/aromatic N) is 6. The quantitative estimate of drug-likeness (QED) is 0.236. The van der Waals surface area contributed by atoms with Crippen LogP contribution < -0.4 is 10.8 Å². The lowest BCUT2D eigenvalue weighted by atomic mass is 10.2. The van der Waals surface area contributed by atoms with Crippen LogP contribution in [0.5, 0.6) is 0 Å². The van der Waals surface area contributed by atoms with Crippen LogP contribution in [0.1, 0.15) is 11.1 Å². The number of nitrogens with one attached hydrogen (secondary N) is 1. The third-order valence-electron chi connectivity index (χ3n) is 6.15. The molecule has 0 radical (unpaired) electrons. The minimum Gasteiger partial charge on any atom is -0.278 e. The molecule has 0 amide bonds. The van der Waals surface area contributed by atoms with Gasteiger partial charge in [-0.15, -0.1) is 0 Å². The van der Waals surface area contributed by atoms with Crippen molar-refractivity contribution in [1.82, 2.24) is 24.1 Å². The van der Waals surface area contributed by atoms with Gasteiger partial charge in [0.15, 0.2) is 21.4 Å². The zero-order valence-corrected chi connectivity index (χ0v) is 21.1. The molecule has 3 aromatic carbocycles. The molecule has 6 aromatic rings. The number of hydrogen-bond donors (Lipinski definition) is 1. The van der Waals surface area contributed by atoms with E-state index in [4.69, 9.17) is 27.3 Å². The number of aryl methyl sites for hydroxylation is 2. The maximum Gasteiger partial charge on any atom is 0.193 e. The van der Waals surface area contributed by atoms with E-state index in [0.717, 1.165) is 28.0 Å². The molecule has 0 aliphatic carbocycles. The molecule has 0 fully saturated rings. The number of benzene rings is 3. The number of pyridine rings is 1. The second kappa shape index (κ2) is 9.40. The highest BCUT2D eigenvalue weighted by molar-refractivity contribution is 7.71. The molecule has 180 valence electrons. The maximum atomic E-state index is 6.12. The van der Waals surface area contributed by atoms with Crippen molar-refractivity contribution in [2.24, 2.45) is 5.10 Å². The Balaban J connectivity index is 1.82. The summed E-state index contributed by atoms with van der Waals surface area (Å²) in [6.45, 7) is 4.11. The van der Waals surface area contributed by atoms with Crippen LogP contribution in [-0.2, 0) is 0 Å². The molecule has 0 saturated heterocycles. The predicted octanol–water partition coefficient (Wildman–Crippen LogP) is 6.03. The van der Waals surface area contributed by atoms with Gasteiger partial charge in [0.1, 0.15) is 5.82 Å². The van der Waals surface area contributed by atoms with E-state index in [1.807, 2.05) is 94.1 Å². The zero-order valence-electron chi connectivity index (χ0n) is 20.3. The average molecular weight is 502 g/mol. The number of aromatic nitrogens is 5. The Kier molecular flexibility index (Phi) is 5.78. The third kappa shape index (κ3) is 4.17. The lowest BCUT2D eigenvalue weighted by Crippen LogP contribution is -2.23. The Morgan fingerprint density at radius 1 is 0.730 bits per heavy atom. The minimum absolute atomic E-state index is 0.493. The fourth-order valence-electron chi connectivity index (χ4n) is 4.25. The molecule has 8 heteroatoms. The minimum atomic E-state index is 0.493. The van der Waals surface area contributed by atoms with Crippen LogP contribution in [0.3, 0.4) is 0 Å². The molecule has 0 aliphatic heterocycles. The monoisotopic (exact) mass is 501 g/mol. The van der Waals surface area contributed by atoms with Crippen LogP contribution in [0.15, 0.2) is 102 Å². The smallest absolute Gasteiger partial charge is 0.193 e. The van der Waals surface area contributed by atoms with E-state index in [2.05, 4.69) is 30.3 Å². The number of hydrogen-bond acceptors (Lipinski definition) is 6. The van der Waals surface area contributed by atoms with Gasteiger partial charge in [-0.3, -0.25) is 14.6 Å². The van der Waals surface area contributed by atoms with E-state index in [0.29, 0.717) is 27.2 Å². The fraction of sp³-hybridized carbons (Fsp3) is 0.0690.